The zero-order valence-corrected chi connectivity index (χ0v) is 21.6. The first kappa shape index (κ1) is 33.8. The number of ketones is 2. The molecule has 3 atom stereocenters. The highest BCUT2D eigenvalue weighted by atomic mass is 16.5. The second-order valence-electron chi connectivity index (χ2n) is 8.25. The minimum atomic E-state index is -1.00. The SMILES string of the molecule is C.COC(CCOc1ccccc1)C(CC(=O)O)C(C)=O.COC(CCOc1ccccc1)CC(C)=O.[2HH]. The first-order chi connectivity index (χ1) is 17.3. The first-order valence-electron chi connectivity index (χ1n) is 11.9. The van der Waals surface area contributed by atoms with Gasteiger partial charge in [-0.2, -0.15) is 0 Å². The zero-order chi connectivity index (χ0) is 26.8. The zero-order valence-electron chi connectivity index (χ0n) is 21.6. The molecular weight excluding hydrogens is 476 g/mol. The number of para-hydroxylation sites is 2. The van der Waals surface area contributed by atoms with E-state index in [-0.39, 0.29) is 32.9 Å². The van der Waals surface area contributed by atoms with Crippen molar-refractivity contribution in [2.75, 3.05) is 27.4 Å². The van der Waals surface area contributed by atoms with Crippen LogP contribution in [0.1, 0.15) is 48.4 Å². The summed E-state index contributed by atoms with van der Waals surface area (Å²) in [5, 5.41) is 8.84. The van der Waals surface area contributed by atoms with E-state index in [4.69, 9.17) is 24.1 Å². The molecule has 0 saturated carbocycles. The molecule has 0 aliphatic carbocycles. The smallest absolute Gasteiger partial charge is 0.304 e. The summed E-state index contributed by atoms with van der Waals surface area (Å²) in [6, 6.07) is 18.9. The molecule has 0 radical (unpaired) electrons. The van der Waals surface area contributed by atoms with E-state index in [1.807, 2.05) is 60.7 Å². The van der Waals surface area contributed by atoms with E-state index in [0.717, 1.165) is 17.9 Å². The number of Topliss-reactive ketones (excluding diaryl/α,β-unsaturated/α-hetero) is 2. The lowest BCUT2D eigenvalue weighted by atomic mass is 9.92. The van der Waals surface area contributed by atoms with Gasteiger partial charge in [-0.15, -0.1) is 0 Å². The number of ether oxygens (including phenoxy) is 4. The molecule has 0 heterocycles. The number of hydrogen-bond donors (Lipinski definition) is 1. The lowest BCUT2D eigenvalue weighted by molar-refractivity contribution is -0.143. The maximum absolute atomic E-state index is 11.5. The van der Waals surface area contributed by atoms with Crippen molar-refractivity contribution in [3.8, 4) is 11.5 Å². The van der Waals surface area contributed by atoms with Gasteiger partial charge in [0.25, 0.3) is 0 Å². The van der Waals surface area contributed by atoms with Crippen molar-refractivity contribution in [1.29, 1.82) is 0 Å². The van der Waals surface area contributed by atoms with Crippen LogP contribution in [0.25, 0.3) is 0 Å². The third-order valence-electron chi connectivity index (χ3n) is 5.38. The number of carboxylic acids is 1. The molecule has 2 aromatic rings. The average Bonchev–Trinajstić information content (AvgIpc) is 2.86. The summed E-state index contributed by atoms with van der Waals surface area (Å²) in [6.45, 7) is 3.89. The molecule has 2 aromatic carbocycles. The quantitative estimate of drug-likeness (QED) is 0.309. The van der Waals surface area contributed by atoms with Gasteiger partial charge in [0.1, 0.15) is 23.1 Å². The topological polar surface area (TPSA) is 108 Å². The van der Waals surface area contributed by atoms with Gasteiger partial charge in [-0.1, -0.05) is 43.8 Å². The van der Waals surface area contributed by atoms with Gasteiger partial charge in [0.05, 0.1) is 37.8 Å². The summed E-state index contributed by atoms with van der Waals surface area (Å²) >= 11 is 0. The van der Waals surface area contributed by atoms with Crippen LogP contribution in [0.3, 0.4) is 0 Å². The molecule has 37 heavy (non-hydrogen) atoms. The number of carboxylic acid groups (broad SMARTS) is 1. The van der Waals surface area contributed by atoms with Crippen LogP contribution in [-0.2, 0) is 23.9 Å². The average molecular weight is 522 g/mol. The molecule has 8 nitrogen and oxygen atoms in total. The fourth-order valence-electron chi connectivity index (χ4n) is 3.47. The summed E-state index contributed by atoms with van der Waals surface area (Å²) < 4.78 is 21.5. The highest BCUT2D eigenvalue weighted by molar-refractivity contribution is 5.83. The fourth-order valence-corrected chi connectivity index (χ4v) is 3.47. The van der Waals surface area contributed by atoms with E-state index < -0.39 is 18.0 Å². The van der Waals surface area contributed by atoms with Crippen molar-refractivity contribution < 1.29 is 39.9 Å². The highest BCUT2D eigenvalue weighted by Gasteiger charge is 2.28. The normalized spacial score (nSPS) is 12.5. The standard InChI is InChI=1S/C15H20O5.C13H18O3.CH4.H2/c1-11(16)13(10-15(17)18)14(19-2)8-9-20-12-6-4-3-5-7-12;1-11(14)10-13(15-2)8-9-16-12-6-4-3-5-7-12;;/h3-7,13-14H,8-10H2,1-2H3,(H,17,18);3-7,13H,8-10H2,1-2H3;1H4;1H/i;;;1+1. The van der Waals surface area contributed by atoms with E-state index in [2.05, 4.69) is 0 Å². The van der Waals surface area contributed by atoms with Crippen molar-refractivity contribution >= 4 is 17.5 Å². The Hall–Kier alpha value is -3.23. The molecule has 0 spiro atoms. The van der Waals surface area contributed by atoms with Crippen molar-refractivity contribution in [2.45, 2.75) is 59.2 Å². The minimum Gasteiger partial charge on any atom is -0.493 e. The van der Waals surface area contributed by atoms with Gasteiger partial charge in [0.2, 0.25) is 0 Å². The number of carbonyl (C=O) groups is 3. The molecule has 8 heteroatoms. The largest absolute Gasteiger partial charge is 0.493 e. The van der Waals surface area contributed by atoms with E-state index >= 15 is 0 Å². The molecule has 0 aromatic heterocycles. The highest BCUT2D eigenvalue weighted by Crippen LogP contribution is 2.18. The number of carbonyl (C=O) groups excluding carboxylic acids is 2. The number of methoxy groups -OCH3 is 2. The maximum Gasteiger partial charge on any atom is 0.304 e. The summed E-state index contributed by atoms with van der Waals surface area (Å²) in [7, 11) is 3.10. The minimum absolute atomic E-state index is 0. The second kappa shape index (κ2) is 19.9. The van der Waals surface area contributed by atoms with Gasteiger partial charge < -0.3 is 24.1 Å². The van der Waals surface area contributed by atoms with Crippen molar-refractivity contribution in [1.82, 2.24) is 0 Å². The van der Waals surface area contributed by atoms with Crippen LogP contribution in [-0.4, -0.2) is 62.3 Å². The molecule has 2 rings (SSSR count). The van der Waals surface area contributed by atoms with Gasteiger partial charge >= 0.3 is 5.97 Å². The molecule has 208 valence electrons. The number of rotatable bonds is 16. The Kier molecular flexibility index (Phi) is 18.2. The summed E-state index contributed by atoms with van der Waals surface area (Å²) in [6.07, 6.45) is 0.926. The van der Waals surface area contributed by atoms with E-state index in [0.29, 0.717) is 26.1 Å². The second-order valence-corrected chi connectivity index (χ2v) is 8.25. The van der Waals surface area contributed by atoms with Crippen LogP contribution in [0.4, 0.5) is 0 Å². The Morgan fingerprint density at radius 2 is 1.27 bits per heavy atom. The van der Waals surface area contributed by atoms with Crippen LogP contribution in [0.2, 0.25) is 0 Å². The Morgan fingerprint density at radius 3 is 1.65 bits per heavy atom. The summed E-state index contributed by atoms with van der Waals surface area (Å²) in [5.74, 6) is -0.0984. The van der Waals surface area contributed by atoms with Crippen LogP contribution >= 0.6 is 0 Å². The van der Waals surface area contributed by atoms with Crippen molar-refractivity contribution in [3.05, 3.63) is 60.7 Å². The van der Waals surface area contributed by atoms with Crippen molar-refractivity contribution in [2.24, 2.45) is 5.92 Å². The fraction of sp³-hybridized carbons (Fsp3) is 0.483. The Labute approximate surface area is 222 Å². The van der Waals surface area contributed by atoms with E-state index in [1.54, 1.807) is 14.0 Å². The van der Waals surface area contributed by atoms with Gasteiger partial charge in [-0.3, -0.25) is 14.4 Å². The summed E-state index contributed by atoms with van der Waals surface area (Å²) in [4.78, 5) is 33.2. The van der Waals surface area contributed by atoms with Gasteiger partial charge in [0, 0.05) is 34.9 Å². The predicted octanol–water partition coefficient (Wildman–Crippen LogP) is 5.48. The van der Waals surface area contributed by atoms with Crippen LogP contribution in [0.15, 0.2) is 60.7 Å². The summed E-state index contributed by atoms with van der Waals surface area (Å²) in [5.41, 5.74) is 0. The molecule has 0 amide bonds. The Morgan fingerprint density at radius 1 is 0.784 bits per heavy atom. The third-order valence-corrected chi connectivity index (χ3v) is 5.38. The Bertz CT molecular complexity index is 892. The molecule has 0 bridgehead atoms. The van der Waals surface area contributed by atoms with E-state index in [9.17, 15) is 14.4 Å². The van der Waals surface area contributed by atoms with Crippen molar-refractivity contribution in [3.63, 3.8) is 0 Å². The monoisotopic (exact) mass is 521 g/mol. The molecule has 3 unspecified atom stereocenters. The van der Waals surface area contributed by atoms with Gasteiger partial charge in [-0.25, -0.2) is 0 Å². The Balaban J connectivity index is 0. The molecular formula is C29H44O8. The first-order valence-corrected chi connectivity index (χ1v) is 11.9. The van der Waals surface area contributed by atoms with Gasteiger partial charge in [-0.05, 0) is 38.1 Å². The third kappa shape index (κ3) is 15.5. The lowest BCUT2D eigenvalue weighted by Gasteiger charge is -2.22. The lowest BCUT2D eigenvalue weighted by Crippen LogP contribution is -2.32. The van der Waals surface area contributed by atoms with Crippen LogP contribution in [0.5, 0.6) is 11.5 Å². The molecule has 0 saturated heterocycles. The number of aliphatic carboxylic acids is 1. The number of benzene rings is 2. The number of hydrogen-bond acceptors (Lipinski definition) is 7. The molecule has 1 N–H and O–H groups in total. The molecule has 0 aliphatic rings. The predicted molar refractivity (Wildman–Crippen MR) is 145 cm³/mol. The van der Waals surface area contributed by atoms with E-state index in [1.165, 1.54) is 14.0 Å². The molecule has 0 aliphatic heterocycles. The van der Waals surface area contributed by atoms with Gasteiger partial charge in [0.15, 0.2) is 0 Å². The molecule has 0 fully saturated rings. The maximum atomic E-state index is 11.5. The van der Waals surface area contributed by atoms with Crippen LogP contribution < -0.4 is 9.47 Å². The van der Waals surface area contributed by atoms with Crippen LogP contribution in [0, 0.1) is 5.92 Å².